The molecule has 11 nitrogen and oxygen atoms in total. The molecule has 0 saturated carbocycles. The number of carbonyl (C=O) groups is 2. The maximum absolute atomic E-state index is 15.2. The van der Waals surface area contributed by atoms with Crippen LogP contribution < -0.4 is 14.2 Å². The second-order valence-corrected chi connectivity index (χ2v) is 9.91. The Labute approximate surface area is 200 Å². The fourth-order valence-corrected chi connectivity index (χ4v) is 4.77. The Morgan fingerprint density at radius 1 is 1.31 bits per heavy atom. The number of amides is 2. The molecule has 1 aromatic heterocycles. The number of aromatic nitrogens is 1. The monoisotopic (exact) mass is 511 g/mol. The molecule has 0 unspecified atom stereocenters. The van der Waals surface area contributed by atoms with Gasteiger partial charge in [0, 0.05) is 38.8 Å². The first kappa shape index (κ1) is 24.6. The third kappa shape index (κ3) is 4.84. The van der Waals surface area contributed by atoms with Gasteiger partial charge in [0.1, 0.15) is 17.2 Å². The standard InChI is InChI=1S/C21H23F2N5O6S/c1-12-18-16(9-14(10-24-18)33-20(29)26(2)3)34-21(30)28(12)11-13-5-6-15(22)19(17(13)23)25-35(31,32)27-7-4-8-27/h5-6,9-10,12,25H,4,7-8,11H2,1-3H3/t12-/m1/s1. The van der Waals surface area contributed by atoms with Crippen LogP contribution in [0.1, 0.15) is 30.6 Å². The molecule has 188 valence electrons. The van der Waals surface area contributed by atoms with Crippen molar-refractivity contribution in [3.63, 3.8) is 0 Å². The van der Waals surface area contributed by atoms with E-state index < -0.39 is 45.8 Å². The van der Waals surface area contributed by atoms with Gasteiger partial charge in [-0.05, 0) is 19.4 Å². The quantitative estimate of drug-likeness (QED) is 0.633. The maximum Gasteiger partial charge on any atom is 0.416 e. The Kier molecular flexibility index (Phi) is 6.51. The Morgan fingerprint density at radius 2 is 2.03 bits per heavy atom. The molecule has 1 atom stereocenters. The predicted octanol–water partition coefficient (Wildman–Crippen LogP) is 2.86. The van der Waals surface area contributed by atoms with Gasteiger partial charge in [0.2, 0.25) is 0 Å². The second kappa shape index (κ2) is 9.26. The third-order valence-corrected chi connectivity index (χ3v) is 7.13. The molecule has 1 saturated heterocycles. The van der Waals surface area contributed by atoms with E-state index in [1.165, 1.54) is 31.3 Å². The Hall–Kier alpha value is -3.52. The lowest BCUT2D eigenvalue weighted by atomic mass is 10.1. The fourth-order valence-electron chi connectivity index (χ4n) is 3.46. The smallest absolute Gasteiger partial charge is 0.408 e. The highest BCUT2D eigenvalue weighted by Gasteiger charge is 2.35. The van der Waals surface area contributed by atoms with Gasteiger partial charge in [0.05, 0.1) is 18.8 Å². The molecular weight excluding hydrogens is 488 g/mol. The van der Waals surface area contributed by atoms with Crippen LogP contribution in [0.15, 0.2) is 24.4 Å². The molecule has 2 amide bonds. The fraction of sp³-hybridized carbons (Fsp3) is 0.381. The molecule has 2 aliphatic rings. The summed E-state index contributed by atoms with van der Waals surface area (Å²) in [6, 6.07) is 2.70. The van der Waals surface area contributed by atoms with Crippen LogP contribution in [0.3, 0.4) is 0 Å². The van der Waals surface area contributed by atoms with Crippen molar-refractivity contribution in [2.75, 3.05) is 31.9 Å². The zero-order chi connectivity index (χ0) is 25.5. The van der Waals surface area contributed by atoms with Gasteiger partial charge in [-0.15, -0.1) is 0 Å². The molecular formula is C21H23F2N5O6S. The molecule has 2 aliphatic heterocycles. The average molecular weight is 512 g/mol. The van der Waals surface area contributed by atoms with Crippen molar-refractivity contribution in [1.29, 1.82) is 0 Å². The van der Waals surface area contributed by atoms with Crippen molar-refractivity contribution in [3.8, 4) is 11.5 Å². The van der Waals surface area contributed by atoms with E-state index in [1.54, 1.807) is 6.92 Å². The van der Waals surface area contributed by atoms with E-state index in [0.29, 0.717) is 12.1 Å². The lowest BCUT2D eigenvalue weighted by Gasteiger charge is -2.33. The molecule has 1 fully saturated rings. The number of nitrogens with zero attached hydrogens (tertiary/aromatic N) is 4. The van der Waals surface area contributed by atoms with Crippen molar-refractivity contribution in [3.05, 3.63) is 47.3 Å². The number of hydrogen-bond donors (Lipinski definition) is 1. The first-order valence-electron chi connectivity index (χ1n) is 10.6. The van der Waals surface area contributed by atoms with Crippen LogP contribution in [0.2, 0.25) is 0 Å². The second-order valence-electron chi connectivity index (χ2n) is 8.24. The zero-order valence-corrected chi connectivity index (χ0v) is 19.9. The topological polar surface area (TPSA) is 121 Å². The van der Waals surface area contributed by atoms with E-state index in [-0.39, 0.29) is 36.7 Å². The van der Waals surface area contributed by atoms with Gasteiger partial charge < -0.3 is 14.4 Å². The summed E-state index contributed by atoms with van der Waals surface area (Å²) in [6.45, 7) is 1.81. The minimum Gasteiger partial charge on any atom is -0.408 e. The highest BCUT2D eigenvalue weighted by Crippen LogP contribution is 2.37. The number of ether oxygens (including phenoxy) is 2. The summed E-state index contributed by atoms with van der Waals surface area (Å²) in [7, 11) is -1.09. The van der Waals surface area contributed by atoms with E-state index in [9.17, 15) is 22.4 Å². The highest BCUT2D eigenvalue weighted by molar-refractivity contribution is 7.90. The van der Waals surface area contributed by atoms with Crippen LogP contribution in [0.4, 0.5) is 24.1 Å². The number of pyridine rings is 1. The number of fused-ring (bicyclic) bond motifs is 1. The van der Waals surface area contributed by atoms with E-state index in [1.807, 2.05) is 4.72 Å². The summed E-state index contributed by atoms with van der Waals surface area (Å²) in [5.74, 6) is -2.08. The van der Waals surface area contributed by atoms with E-state index in [0.717, 1.165) is 21.3 Å². The summed E-state index contributed by atoms with van der Waals surface area (Å²) in [6.07, 6.45) is 0.468. The molecule has 2 aromatic rings. The summed E-state index contributed by atoms with van der Waals surface area (Å²) in [5.41, 5.74) is -0.620. The van der Waals surface area contributed by atoms with Gasteiger partial charge in [-0.2, -0.15) is 12.7 Å². The number of halogens is 2. The van der Waals surface area contributed by atoms with Crippen LogP contribution in [0, 0.1) is 11.6 Å². The SMILES string of the molecule is C[C@@H]1c2ncc(OC(=O)N(C)C)cc2OC(=O)N1Cc1ccc(F)c(NS(=O)(=O)N2CCC2)c1F. The molecule has 3 heterocycles. The van der Waals surface area contributed by atoms with Gasteiger partial charge in [-0.1, -0.05) is 6.07 Å². The molecule has 0 spiro atoms. The normalized spacial score (nSPS) is 17.8. The Balaban J connectivity index is 1.56. The summed E-state index contributed by atoms with van der Waals surface area (Å²) < 4.78 is 67.6. The molecule has 0 radical (unpaired) electrons. The van der Waals surface area contributed by atoms with Crippen LogP contribution in [-0.2, 0) is 16.8 Å². The number of benzene rings is 1. The van der Waals surface area contributed by atoms with Gasteiger partial charge in [-0.3, -0.25) is 14.6 Å². The Bertz CT molecular complexity index is 1290. The average Bonchev–Trinajstić information content (AvgIpc) is 2.73. The molecule has 1 N–H and O–H groups in total. The van der Waals surface area contributed by atoms with Crippen LogP contribution in [0.25, 0.3) is 0 Å². The molecule has 4 rings (SSSR count). The first-order chi connectivity index (χ1) is 16.5. The van der Waals surface area contributed by atoms with E-state index in [2.05, 4.69) is 4.98 Å². The van der Waals surface area contributed by atoms with Crippen LogP contribution in [0.5, 0.6) is 11.5 Å². The van der Waals surface area contributed by atoms with Crippen molar-refractivity contribution in [1.82, 2.24) is 19.1 Å². The van der Waals surface area contributed by atoms with Gasteiger partial charge >= 0.3 is 22.4 Å². The summed E-state index contributed by atoms with van der Waals surface area (Å²) in [4.78, 5) is 31.0. The largest absolute Gasteiger partial charge is 0.416 e. The number of anilines is 1. The first-order valence-corrected chi connectivity index (χ1v) is 12.0. The van der Waals surface area contributed by atoms with Crippen LogP contribution in [-0.4, -0.2) is 66.9 Å². The van der Waals surface area contributed by atoms with E-state index in [4.69, 9.17) is 9.47 Å². The zero-order valence-electron chi connectivity index (χ0n) is 19.1. The van der Waals surface area contributed by atoms with Crippen molar-refractivity contribution < 1.29 is 36.3 Å². The minimum atomic E-state index is -4.10. The van der Waals surface area contributed by atoms with E-state index >= 15 is 4.39 Å². The number of carbonyl (C=O) groups excluding carboxylic acids is 2. The lowest BCUT2D eigenvalue weighted by molar-refractivity contribution is 0.114. The highest BCUT2D eigenvalue weighted by atomic mass is 32.2. The van der Waals surface area contributed by atoms with Crippen LogP contribution >= 0.6 is 0 Å². The Morgan fingerprint density at radius 3 is 2.66 bits per heavy atom. The molecule has 35 heavy (non-hydrogen) atoms. The summed E-state index contributed by atoms with van der Waals surface area (Å²) >= 11 is 0. The molecule has 14 heteroatoms. The van der Waals surface area contributed by atoms with Gasteiger partial charge in [0.25, 0.3) is 0 Å². The summed E-state index contributed by atoms with van der Waals surface area (Å²) in [5, 5.41) is 0. The molecule has 1 aromatic carbocycles. The van der Waals surface area contributed by atoms with Crippen molar-refractivity contribution in [2.24, 2.45) is 0 Å². The van der Waals surface area contributed by atoms with Crippen molar-refractivity contribution in [2.45, 2.75) is 25.9 Å². The number of rotatable bonds is 6. The van der Waals surface area contributed by atoms with Crippen molar-refractivity contribution >= 4 is 28.1 Å². The number of hydrogen-bond acceptors (Lipinski definition) is 7. The number of nitrogens with one attached hydrogen (secondary N) is 1. The minimum absolute atomic E-state index is 0.0691. The molecule has 0 aliphatic carbocycles. The predicted molar refractivity (Wildman–Crippen MR) is 119 cm³/mol. The molecule has 0 bridgehead atoms. The van der Waals surface area contributed by atoms with Gasteiger partial charge in [-0.25, -0.2) is 18.4 Å². The van der Waals surface area contributed by atoms with Gasteiger partial charge in [0.15, 0.2) is 17.3 Å². The lowest BCUT2D eigenvalue weighted by Crippen LogP contribution is -2.45. The maximum atomic E-state index is 15.2. The third-order valence-electron chi connectivity index (χ3n) is 5.62.